The number of nitrogens with zero attached hydrogens (tertiary/aromatic N) is 1. The van der Waals surface area contributed by atoms with Gasteiger partial charge in [-0.15, -0.1) is 0 Å². The van der Waals surface area contributed by atoms with Gasteiger partial charge in [0.2, 0.25) is 0 Å². The van der Waals surface area contributed by atoms with Gasteiger partial charge < -0.3 is 9.83 Å². The average Bonchev–Trinajstić information content (AvgIpc) is 2.77. The number of non-ortho nitro benzene ring substituents is 1. The summed E-state index contributed by atoms with van der Waals surface area (Å²) in [4.78, 5) is 10.0. The maximum absolute atomic E-state index is 10.5. The third-order valence-electron chi connectivity index (χ3n) is 2.20. The topological polar surface area (TPSA) is 80.1 Å². The summed E-state index contributed by atoms with van der Waals surface area (Å²) in [7, 11) is 0. The second-order valence-electron chi connectivity index (χ2n) is 3.27. The van der Waals surface area contributed by atoms with E-state index < -0.39 is 4.92 Å². The first-order valence-electron chi connectivity index (χ1n) is 4.66. The van der Waals surface area contributed by atoms with Crippen LogP contribution in [-0.2, 0) is 0 Å². The van der Waals surface area contributed by atoms with Gasteiger partial charge in [0.1, 0.15) is 11.5 Å². The van der Waals surface area contributed by atoms with Crippen molar-refractivity contribution in [3.05, 3.63) is 51.2 Å². The third-order valence-corrected chi connectivity index (χ3v) is 2.51. The lowest BCUT2D eigenvalue weighted by atomic mass is 10.1. The van der Waals surface area contributed by atoms with Crippen molar-refractivity contribution in [2.45, 2.75) is 0 Å². The van der Waals surface area contributed by atoms with Crippen molar-refractivity contribution >= 4 is 23.5 Å². The lowest BCUT2D eigenvalue weighted by molar-refractivity contribution is -0.384. The Hall–Kier alpha value is -2.14. The average molecular weight is 251 g/mol. The number of furan rings is 1. The van der Waals surface area contributed by atoms with Crippen molar-refractivity contribution in [3.63, 3.8) is 0 Å². The van der Waals surface area contributed by atoms with Crippen molar-refractivity contribution in [1.82, 2.24) is 0 Å². The van der Waals surface area contributed by atoms with E-state index in [1.54, 1.807) is 12.1 Å². The number of nitrogens with one attached hydrogen (secondary N) is 1. The van der Waals surface area contributed by atoms with Gasteiger partial charge in [0, 0.05) is 17.7 Å². The van der Waals surface area contributed by atoms with E-state index in [4.69, 9.17) is 21.4 Å². The van der Waals surface area contributed by atoms with E-state index >= 15 is 0 Å². The molecule has 0 aliphatic heterocycles. The summed E-state index contributed by atoms with van der Waals surface area (Å²) in [6, 6.07) is 7.43. The van der Waals surface area contributed by atoms with Crippen LogP contribution >= 0.6 is 11.6 Å². The summed E-state index contributed by atoms with van der Waals surface area (Å²) in [5, 5.41) is 17.8. The molecule has 6 heteroatoms. The maximum Gasteiger partial charge on any atom is 0.270 e. The molecule has 2 rings (SSSR count). The summed E-state index contributed by atoms with van der Waals surface area (Å²) in [6.07, 6.45) is 1.07. The molecule has 1 heterocycles. The minimum absolute atomic E-state index is 0.0717. The smallest absolute Gasteiger partial charge is 0.270 e. The molecule has 1 aromatic carbocycles. The molecule has 0 radical (unpaired) electrons. The fraction of sp³-hybridized carbons (Fsp3) is 0. The first-order chi connectivity index (χ1) is 8.11. The first-order valence-corrected chi connectivity index (χ1v) is 5.04. The number of hydrogen-bond acceptors (Lipinski definition) is 4. The fourth-order valence-electron chi connectivity index (χ4n) is 1.39. The maximum atomic E-state index is 10.5. The molecule has 17 heavy (non-hydrogen) atoms. The molecule has 0 bridgehead atoms. The van der Waals surface area contributed by atoms with Gasteiger partial charge in [-0.1, -0.05) is 11.6 Å². The summed E-state index contributed by atoms with van der Waals surface area (Å²) < 4.78 is 5.30. The van der Waals surface area contributed by atoms with Gasteiger partial charge >= 0.3 is 0 Å². The molecule has 0 saturated carbocycles. The van der Waals surface area contributed by atoms with E-state index in [0.29, 0.717) is 17.1 Å². The second kappa shape index (κ2) is 4.39. The Balaban J connectivity index is 2.46. The predicted octanol–water partition coefficient (Wildman–Crippen LogP) is 3.51. The zero-order valence-electron chi connectivity index (χ0n) is 8.51. The van der Waals surface area contributed by atoms with Gasteiger partial charge in [-0.3, -0.25) is 10.1 Å². The van der Waals surface area contributed by atoms with Crippen molar-refractivity contribution in [2.75, 3.05) is 0 Å². The van der Waals surface area contributed by atoms with Crippen molar-refractivity contribution in [2.24, 2.45) is 0 Å². The van der Waals surface area contributed by atoms with Gasteiger partial charge in [-0.25, -0.2) is 0 Å². The molecule has 0 fully saturated rings. The van der Waals surface area contributed by atoms with E-state index in [1.165, 1.54) is 18.2 Å². The van der Waals surface area contributed by atoms with E-state index in [1.807, 2.05) is 0 Å². The molecule has 5 nitrogen and oxygen atoms in total. The van der Waals surface area contributed by atoms with Crippen molar-refractivity contribution in [1.29, 1.82) is 5.41 Å². The van der Waals surface area contributed by atoms with Gasteiger partial charge in [-0.05, 0) is 18.2 Å². The predicted molar refractivity (Wildman–Crippen MR) is 63.7 cm³/mol. The zero-order valence-corrected chi connectivity index (χ0v) is 9.27. The minimum Gasteiger partial charge on any atom is -0.455 e. The van der Waals surface area contributed by atoms with Crippen molar-refractivity contribution < 1.29 is 9.34 Å². The second-order valence-corrected chi connectivity index (χ2v) is 3.67. The molecule has 2 aromatic rings. The molecular formula is C11H7ClN2O3. The highest BCUT2D eigenvalue weighted by Gasteiger charge is 2.12. The SMILES string of the molecule is N=Cc1ccc(-c2ccc([N+](=O)[O-])cc2Cl)o1. The van der Waals surface area contributed by atoms with Crippen LogP contribution in [0.15, 0.2) is 34.7 Å². The Labute approximate surface area is 101 Å². The summed E-state index contributed by atoms with van der Waals surface area (Å²) in [5.41, 5.74) is 0.489. The van der Waals surface area contributed by atoms with Crippen LogP contribution in [-0.4, -0.2) is 11.1 Å². The van der Waals surface area contributed by atoms with Gasteiger partial charge in [0.15, 0.2) is 0 Å². The highest BCUT2D eigenvalue weighted by atomic mass is 35.5. The minimum atomic E-state index is -0.513. The Morgan fingerprint density at radius 2 is 2.12 bits per heavy atom. The quantitative estimate of drug-likeness (QED) is 0.514. The Kier molecular flexibility index (Phi) is 2.93. The third kappa shape index (κ3) is 2.19. The van der Waals surface area contributed by atoms with Crippen LogP contribution < -0.4 is 0 Å². The van der Waals surface area contributed by atoms with E-state index in [2.05, 4.69) is 0 Å². The molecule has 86 valence electrons. The van der Waals surface area contributed by atoms with Crippen LogP contribution in [0.5, 0.6) is 0 Å². The van der Waals surface area contributed by atoms with Crippen LogP contribution in [0, 0.1) is 15.5 Å². The Bertz CT molecular complexity index is 592. The number of rotatable bonds is 3. The van der Waals surface area contributed by atoms with Crippen LogP contribution in [0.4, 0.5) is 5.69 Å². The van der Waals surface area contributed by atoms with E-state index in [0.717, 1.165) is 6.21 Å². The summed E-state index contributed by atoms with van der Waals surface area (Å²) in [5.74, 6) is 0.873. The molecule has 0 aliphatic rings. The van der Waals surface area contributed by atoms with Crippen LogP contribution in [0.2, 0.25) is 5.02 Å². The number of benzene rings is 1. The fourth-order valence-corrected chi connectivity index (χ4v) is 1.66. The molecule has 0 unspecified atom stereocenters. The van der Waals surface area contributed by atoms with E-state index in [9.17, 15) is 10.1 Å². The Morgan fingerprint density at radius 3 is 2.65 bits per heavy atom. The summed E-state index contributed by atoms with van der Waals surface area (Å²) >= 11 is 5.94. The molecule has 0 aliphatic carbocycles. The standard InChI is InChI=1S/C11H7ClN2O3/c12-10-5-7(14(15)16)1-3-9(10)11-4-2-8(6-13)17-11/h1-6,13H. The highest BCUT2D eigenvalue weighted by molar-refractivity contribution is 6.33. The van der Waals surface area contributed by atoms with E-state index in [-0.39, 0.29) is 10.7 Å². The lowest BCUT2D eigenvalue weighted by Gasteiger charge is -2.00. The molecule has 0 amide bonds. The largest absolute Gasteiger partial charge is 0.455 e. The van der Waals surface area contributed by atoms with Crippen LogP contribution in [0.1, 0.15) is 5.76 Å². The number of hydrogen-bond donors (Lipinski definition) is 1. The zero-order chi connectivity index (χ0) is 12.4. The molecule has 0 atom stereocenters. The molecular weight excluding hydrogens is 244 g/mol. The molecule has 1 N–H and O–H groups in total. The van der Waals surface area contributed by atoms with Crippen molar-refractivity contribution in [3.8, 4) is 11.3 Å². The summed E-state index contributed by atoms with van der Waals surface area (Å²) in [6.45, 7) is 0. The molecule has 0 saturated heterocycles. The van der Waals surface area contributed by atoms with Gasteiger partial charge in [0.25, 0.3) is 5.69 Å². The molecule has 1 aromatic heterocycles. The highest BCUT2D eigenvalue weighted by Crippen LogP contribution is 2.31. The monoisotopic (exact) mass is 250 g/mol. The number of nitro benzene ring substituents is 1. The van der Waals surface area contributed by atoms with Crippen LogP contribution in [0.25, 0.3) is 11.3 Å². The van der Waals surface area contributed by atoms with Crippen LogP contribution in [0.3, 0.4) is 0 Å². The van der Waals surface area contributed by atoms with Gasteiger partial charge in [-0.2, -0.15) is 0 Å². The first kappa shape index (κ1) is 11.3. The Morgan fingerprint density at radius 1 is 1.35 bits per heavy atom. The number of halogens is 1. The number of nitro groups is 1. The molecule has 0 spiro atoms. The van der Waals surface area contributed by atoms with Gasteiger partial charge in [0.05, 0.1) is 16.2 Å². The lowest BCUT2D eigenvalue weighted by Crippen LogP contribution is -1.88. The normalized spacial score (nSPS) is 10.2.